The van der Waals surface area contributed by atoms with Crippen LogP contribution in [0.2, 0.25) is 0 Å². The van der Waals surface area contributed by atoms with Gasteiger partial charge in [-0.1, -0.05) is 31.4 Å². The molecule has 0 saturated heterocycles. The van der Waals surface area contributed by atoms with E-state index >= 15 is 0 Å². The van der Waals surface area contributed by atoms with Crippen molar-refractivity contribution in [2.75, 3.05) is 4.72 Å². The minimum absolute atomic E-state index is 0.325. The molecule has 7 heteroatoms. The molecule has 1 aliphatic rings. The Morgan fingerprint density at radius 3 is 2.69 bits per heavy atom. The summed E-state index contributed by atoms with van der Waals surface area (Å²) in [5.41, 5.74) is 2.56. The van der Waals surface area contributed by atoms with Crippen molar-refractivity contribution in [3.63, 3.8) is 0 Å². The maximum absolute atomic E-state index is 13.4. The second-order valence-electron chi connectivity index (χ2n) is 6.75. The first-order valence-electron chi connectivity index (χ1n) is 8.79. The van der Waals surface area contributed by atoms with Gasteiger partial charge in [-0.05, 0) is 43.2 Å². The minimum atomic E-state index is -3.40. The summed E-state index contributed by atoms with van der Waals surface area (Å²) in [6, 6.07) is 11.6. The number of benzene rings is 2. The smallest absolute Gasteiger partial charge is 0.235 e. The molecule has 26 heavy (non-hydrogen) atoms. The normalized spacial score (nSPS) is 16.0. The van der Waals surface area contributed by atoms with Gasteiger partial charge in [0.1, 0.15) is 5.82 Å². The van der Waals surface area contributed by atoms with Crippen molar-refractivity contribution in [2.24, 2.45) is 0 Å². The van der Waals surface area contributed by atoms with Gasteiger partial charge >= 0.3 is 0 Å². The van der Waals surface area contributed by atoms with Gasteiger partial charge in [-0.3, -0.25) is 9.82 Å². The van der Waals surface area contributed by atoms with Gasteiger partial charge < -0.3 is 0 Å². The van der Waals surface area contributed by atoms with Crippen LogP contribution in [0, 0.1) is 5.82 Å². The molecule has 0 atom stereocenters. The lowest BCUT2D eigenvalue weighted by Gasteiger charge is -2.22. The van der Waals surface area contributed by atoms with Crippen LogP contribution in [0.5, 0.6) is 0 Å². The van der Waals surface area contributed by atoms with E-state index < -0.39 is 10.0 Å². The number of aromatic nitrogens is 2. The highest BCUT2D eigenvalue weighted by Gasteiger charge is 2.27. The van der Waals surface area contributed by atoms with Crippen LogP contribution < -0.4 is 4.72 Å². The molecule has 2 N–H and O–H groups in total. The lowest BCUT2D eigenvalue weighted by molar-refractivity contribution is 0.486. The lowest BCUT2D eigenvalue weighted by Crippen LogP contribution is -2.29. The van der Waals surface area contributed by atoms with Crippen LogP contribution in [0.1, 0.15) is 32.1 Å². The monoisotopic (exact) mass is 373 g/mol. The molecule has 0 radical (unpaired) electrons. The van der Waals surface area contributed by atoms with E-state index in [0.717, 1.165) is 30.2 Å². The molecule has 1 aromatic heterocycles. The number of sulfonamides is 1. The van der Waals surface area contributed by atoms with Crippen molar-refractivity contribution in [1.82, 2.24) is 10.2 Å². The molecule has 1 fully saturated rings. The van der Waals surface area contributed by atoms with Gasteiger partial charge in [0.25, 0.3) is 0 Å². The molecular weight excluding hydrogens is 353 g/mol. The summed E-state index contributed by atoms with van der Waals surface area (Å²) in [6.45, 7) is 0. The van der Waals surface area contributed by atoms with Crippen LogP contribution in [0.25, 0.3) is 22.2 Å². The Morgan fingerprint density at radius 1 is 1.08 bits per heavy atom. The minimum Gasteiger partial charge on any atom is -0.283 e. The van der Waals surface area contributed by atoms with E-state index in [1.54, 1.807) is 24.3 Å². The van der Waals surface area contributed by atoms with E-state index in [2.05, 4.69) is 14.9 Å². The first-order chi connectivity index (χ1) is 12.5. The van der Waals surface area contributed by atoms with Crippen LogP contribution in [-0.4, -0.2) is 23.9 Å². The van der Waals surface area contributed by atoms with Gasteiger partial charge in [-0.25, -0.2) is 12.8 Å². The zero-order valence-electron chi connectivity index (χ0n) is 14.2. The number of fused-ring (bicyclic) bond motifs is 1. The summed E-state index contributed by atoms with van der Waals surface area (Å²) in [6.07, 6.45) is 4.45. The second kappa shape index (κ2) is 6.72. The van der Waals surface area contributed by atoms with Gasteiger partial charge in [0, 0.05) is 16.6 Å². The summed E-state index contributed by atoms with van der Waals surface area (Å²) in [7, 11) is -3.40. The van der Waals surface area contributed by atoms with Crippen LogP contribution >= 0.6 is 0 Å². The molecule has 1 heterocycles. The lowest BCUT2D eigenvalue weighted by atomic mass is 10.0. The van der Waals surface area contributed by atoms with Gasteiger partial charge in [0.2, 0.25) is 10.0 Å². The highest BCUT2D eigenvalue weighted by Crippen LogP contribution is 2.30. The van der Waals surface area contributed by atoms with Crippen LogP contribution in [0.3, 0.4) is 0 Å². The molecule has 3 aromatic rings. The Balaban J connectivity index is 1.64. The summed E-state index contributed by atoms with van der Waals surface area (Å²) in [5.74, 6) is -0.332. The number of aromatic amines is 1. The third kappa shape index (κ3) is 3.31. The molecule has 0 unspecified atom stereocenters. The van der Waals surface area contributed by atoms with Crippen LogP contribution in [-0.2, 0) is 10.0 Å². The zero-order valence-corrected chi connectivity index (χ0v) is 15.0. The molecule has 2 aromatic carbocycles. The zero-order chi connectivity index (χ0) is 18.1. The molecule has 136 valence electrons. The van der Waals surface area contributed by atoms with Crippen molar-refractivity contribution < 1.29 is 12.8 Å². The Hall–Kier alpha value is -2.41. The second-order valence-corrected chi connectivity index (χ2v) is 8.71. The molecule has 0 amide bonds. The fourth-order valence-electron chi connectivity index (χ4n) is 3.56. The number of hydrogen-bond acceptors (Lipinski definition) is 3. The molecule has 5 nitrogen and oxygen atoms in total. The predicted molar refractivity (Wildman–Crippen MR) is 101 cm³/mol. The van der Waals surface area contributed by atoms with E-state index in [1.807, 2.05) is 6.07 Å². The molecule has 1 saturated carbocycles. The van der Waals surface area contributed by atoms with Gasteiger partial charge in [0.15, 0.2) is 0 Å². The highest BCUT2D eigenvalue weighted by atomic mass is 32.2. The highest BCUT2D eigenvalue weighted by molar-refractivity contribution is 7.93. The van der Waals surface area contributed by atoms with Crippen molar-refractivity contribution in [3.05, 3.63) is 48.3 Å². The molecule has 0 aliphatic heterocycles. The van der Waals surface area contributed by atoms with Crippen LogP contribution in [0.4, 0.5) is 10.1 Å². The van der Waals surface area contributed by atoms with E-state index in [-0.39, 0.29) is 11.1 Å². The number of anilines is 1. The summed E-state index contributed by atoms with van der Waals surface area (Å²) in [4.78, 5) is 0. The average Bonchev–Trinajstić information content (AvgIpc) is 3.05. The van der Waals surface area contributed by atoms with E-state index in [4.69, 9.17) is 0 Å². The number of halogens is 1. The maximum atomic E-state index is 13.4. The number of rotatable bonds is 4. The fraction of sp³-hybridized carbons (Fsp3) is 0.316. The predicted octanol–water partition coefficient (Wildman–Crippen LogP) is 4.44. The molecular formula is C19H20FN3O2S. The quantitative estimate of drug-likeness (QED) is 0.710. The third-order valence-corrected chi connectivity index (χ3v) is 6.78. The topological polar surface area (TPSA) is 74.8 Å². The number of nitrogens with one attached hydrogen (secondary N) is 2. The van der Waals surface area contributed by atoms with Gasteiger partial charge in [-0.2, -0.15) is 5.10 Å². The third-order valence-electron chi connectivity index (χ3n) is 4.91. The standard InChI is InChI=1S/C19H20FN3O2S/c20-14-9-10-17-18(12-14)21-22-19(17)13-5-4-6-15(11-13)23-26(24,25)16-7-2-1-3-8-16/h4-6,9-12,16,23H,1-3,7-8H2,(H,21,22). The largest absolute Gasteiger partial charge is 0.283 e. The first-order valence-corrected chi connectivity index (χ1v) is 10.3. The van der Waals surface area contributed by atoms with E-state index in [1.165, 1.54) is 12.1 Å². The number of H-pyrrole nitrogens is 1. The van der Waals surface area contributed by atoms with Crippen molar-refractivity contribution >= 4 is 26.6 Å². The van der Waals surface area contributed by atoms with Gasteiger partial charge in [0.05, 0.1) is 16.5 Å². The van der Waals surface area contributed by atoms with Crippen molar-refractivity contribution in [2.45, 2.75) is 37.4 Å². The van der Waals surface area contributed by atoms with E-state index in [0.29, 0.717) is 29.7 Å². The van der Waals surface area contributed by atoms with Gasteiger partial charge in [-0.15, -0.1) is 0 Å². The Bertz CT molecular complexity index is 1040. The van der Waals surface area contributed by atoms with Crippen molar-refractivity contribution in [3.8, 4) is 11.3 Å². The first kappa shape index (κ1) is 17.0. The number of hydrogen-bond donors (Lipinski definition) is 2. The van der Waals surface area contributed by atoms with E-state index in [9.17, 15) is 12.8 Å². The summed E-state index contributed by atoms with van der Waals surface area (Å²) < 4.78 is 41.3. The molecule has 0 bridgehead atoms. The molecule has 1 aliphatic carbocycles. The molecule has 4 rings (SSSR count). The molecule has 0 spiro atoms. The van der Waals surface area contributed by atoms with Crippen molar-refractivity contribution in [1.29, 1.82) is 0 Å². The number of nitrogens with zero attached hydrogens (tertiary/aromatic N) is 1. The fourth-order valence-corrected chi connectivity index (χ4v) is 5.14. The SMILES string of the molecule is O=S(=O)(Nc1cccc(-c2n[nH]c3cc(F)ccc23)c1)C1CCCCC1. The average molecular weight is 373 g/mol. The summed E-state index contributed by atoms with van der Waals surface area (Å²) >= 11 is 0. The Labute approximate surface area is 151 Å². The Kier molecular flexibility index (Phi) is 4.40. The Morgan fingerprint density at radius 2 is 1.88 bits per heavy atom. The maximum Gasteiger partial charge on any atom is 0.235 e. The van der Waals surface area contributed by atoms with Crippen LogP contribution in [0.15, 0.2) is 42.5 Å². The summed E-state index contributed by atoms with van der Waals surface area (Å²) in [5, 5.41) is 7.55.